The zero-order valence-electron chi connectivity index (χ0n) is 24.1. The highest BCUT2D eigenvalue weighted by Gasteiger charge is 2.75. The predicted octanol–water partition coefficient (Wildman–Crippen LogP) is 3.56. The lowest BCUT2D eigenvalue weighted by atomic mass is 9.70. The number of esters is 1. The third-order valence-corrected chi connectivity index (χ3v) is 8.15. The molecule has 0 saturated carbocycles. The van der Waals surface area contributed by atoms with Crippen LogP contribution in [0.2, 0.25) is 0 Å². The monoisotopic (exact) mass is 520 g/mol. The minimum atomic E-state index is -1.11. The second-order valence-corrected chi connectivity index (χ2v) is 13.3. The Morgan fingerprint density at radius 1 is 1.30 bits per heavy atom. The molecule has 3 aliphatic heterocycles. The molecule has 1 N–H and O–H groups in total. The molecule has 8 heteroatoms. The van der Waals surface area contributed by atoms with E-state index in [9.17, 15) is 19.5 Å². The van der Waals surface area contributed by atoms with Crippen LogP contribution in [0.5, 0.6) is 0 Å². The number of aliphatic hydroxyl groups excluding tert-OH is 1. The van der Waals surface area contributed by atoms with Gasteiger partial charge in [0.05, 0.1) is 37.2 Å². The van der Waals surface area contributed by atoms with Gasteiger partial charge in [0.25, 0.3) is 0 Å². The van der Waals surface area contributed by atoms with E-state index in [0.717, 1.165) is 6.42 Å². The second kappa shape index (κ2) is 10.7. The molecule has 1 spiro atoms. The van der Waals surface area contributed by atoms with Gasteiger partial charge in [0.1, 0.15) is 11.6 Å². The van der Waals surface area contributed by atoms with Gasteiger partial charge in [0, 0.05) is 12.1 Å². The molecule has 0 aliphatic carbocycles. The Kier molecular flexibility index (Phi) is 8.55. The summed E-state index contributed by atoms with van der Waals surface area (Å²) >= 11 is 0. The Hall–Kier alpha value is -1.93. The lowest BCUT2D eigenvalue weighted by Gasteiger charge is -2.46. The van der Waals surface area contributed by atoms with Gasteiger partial charge in [-0.1, -0.05) is 40.7 Å². The third-order valence-electron chi connectivity index (χ3n) is 8.15. The van der Waals surface area contributed by atoms with Crippen molar-refractivity contribution in [1.29, 1.82) is 0 Å². The fraction of sp³-hybridized carbons (Fsp3) is 0.828. The molecule has 6 atom stereocenters. The van der Waals surface area contributed by atoms with Crippen molar-refractivity contribution in [3.8, 4) is 0 Å². The van der Waals surface area contributed by atoms with E-state index in [1.807, 2.05) is 32.6 Å². The van der Waals surface area contributed by atoms with Crippen LogP contribution in [0.3, 0.4) is 0 Å². The minimum absolute atomic E-state index is 0.0439. The molecule has 210 valence electrons. The fourth-order valence-corrected chi connectivity index (χ4v) is 7.40. The molecule has 3 rings (SSSR count). The molecule has 3 saturated heterocycles. The van der Waals surface area contributed by atoms with Crippen molar-refractivity contribution in [1.82, 2.24) is 9.80 Å². The second-order valence-electron chi connectivity index (χ2n) is 13.3. The summed E-state index contributed by atoms with van der Waals surface area (Å²) in [5, 5.41) is 10.4. The molecule has 8 nitrogen and oxygen atoms in total. The van der Waals surface area contributed by atoms with Gasteiger partial charge in [0.2, 0.25) is 11.8 Å². The van der Waals surface area contributed by atoms with E-state index in [-0.39, 0.29) is 36.4 Å². The van der Waals surface area contributed by atoms with Crippen molar-refractivity contribution < 1.29 is 29.0 Å². The Morgan fingerprint density at radius 2 is 1.95 bits per heavy atom. The van der Waals surface area contributed by atoms with Gasteiger partial charge in [-0.3, -0.25) is 14.4 Å². The fourth-order valence-electron chi connectivity index (χ4n) is 7.40. The van der Waals surface area contributed by atoms with E-state index in [4.69, 9.17) is 9.47 Å². The van der Waals surface area contributed by atoms with Gasteiger partial charge in [-0.15, -0.1) is 6.58 Å². The predicted molar refractivity (Wildman–Crippen MR) is 141 cm³/mol. The van der Waals surface area contributed by atoms with Crippen LogP contribution in [-0.2, 0) is 23.9 Å². The molecule has 0 aromatic heterocycles. The first-order valence-corrected chi connectivity index (χ1v) is 13.8. The average molecular weight is 521 g/mol. The molecular weight excluding hydrogens is 472 g/mol. The van der Waals surface area contributed by atoms with Gasteiger partial charge in [-0.05, 0) is 57.8 Å². The molecule has 2 bridgehead atoms. The van der Waals surface area contributed by atoms with E-state index in [2.05, 4.69) is 27.4 Å². The molecule has 3 heterocycles. The number of ether oxygens (including phenoxy) is 2. The van der Waals surface area contributed by atoms with Crippen molar-refractivity contribution >= 4 is 17.8 Å². The molecule has 0 radical (unpaired) electrons. The van der Waals surface area contributed by atoms with E-state index in [1.165, 1.54) is 0 Å². The molecule has 0 aromatic carbocycles. The first-order chi connectivity index (χ1) is 17.1. The lowest BCUT2D eigenvalue weighted by Crippen LogP contribution is -2.62. The number of hydrogen-bond acceptors (Lipinski definition) is 6. The van der Waals surface area contributed by atoms with Gasteiger partial charge in [0.15, 0.2) is 0 Å². The highest BCUT2D eigenvalue weighted by atomic mass is 16.6. The maximum Gasteiger partial charge on any atom is 0.312 e. The first kappa shape index (κ1) is 29.6. The Balaban J connectivity index is 2.13. The number of fused-ring (bicyclic) bond motifs is 1. The van der Waals surface area contributed by atoms with Crippen molar-refractivity contribution in [3.05, 3.63) is 12.7 Å². The van der Waals surface area contributed by atoms with Crippen molar-refractivity contribution in [2.75, 3.05) is 19.8 Å². The molecule has 37 heavy (non-hydrogen) atoms. The zero-order chi connectivity index (χ0) is 27.9. The van der Waals surface area contributed by atoms with Gasteiger partial charge in [-0.25, -0.2) is 0 Å². The first-order valence-electron chi connectivity index (χ1n) is 13.8. The number of rotatable bonds is 11. The molecule has 2 amide bonds. The highest BCUT2D eigenvalue weighted by Crippen LogP contribution is 2.59. The highest BCUT2D eigenvalue weighted by molar-refractivity contribution is 5.98. The van der Waals surface area contributed by atoms with Crippen molar-refractivity contribution in [2.45, 2.75) is 110 Å². The van der Waals surface area contributed by atoms with E-state index in [0.29, 0.717) is 25.8 Å². The van der Waals surface area contributed by atoms with Crippen LogP contribution in [-0.4, -0.2) is 81.8 Å². The Morgan fingerprint density at radius 3 is 2.46 bits per heavy atom. The third kappa shape index (κ3) is 5.33. The number of nitrogens with zero attached hydrogens (tertiary/aromatic N) is 2. The number of likely N-dealkylation sites (tertiary alicyclic amines) is 1. The lowest BCUT2D eigenvalue weighted by molar-refractivity contribution is -0.158. The van der Waals surface area contributed by atoms with Gasteiger partial charge in [-0.2, -0.15) is 0 Å². The van der Waals surface area contributed by atoms with Crippen LogP contribution >= 0.6 is 0 Å². The quantitative estimate of drug-likeness (QED) is 0.331. The smallest absolute Gasteiger partial charge is 0.312 e. The summed E-state index contributed by atoms with van der Waals surface area (Å²) in [6.07, 6.45) is 3.64. The normalized spacial score (nSPS) is 30.0. The number of carbonyl (C=O) groups is 3. The summed E-state index contributed by atoms with van der Waals surface area (Å²) in [7, 11) is 0. The topological polar surface area (TPSA) is 96.4 Å². The molecule has 3 aliphatic rings. The van der Waals surface area contributed by atoms with Crippen LogP contribution < -0.4 is 0 Å². The molecule has 3 fully saturated rings. The maximum atomic E-state index is 14.7. The Bertz CT molecular complexity index is 893. The summed E-state index contributed by atoms with van der Waals surface area (Å²) in [6, 6.07) is -1.48. The molecular formula is C29H48N2O6. The van der Waals surface area contributed by atoms with Crippen LogP contribution in [0.1, 0.15) is 81.1 Å². The van der Waals surface area contributed by atoms with E-state index in [1.54, 1.807) is 17.9 Å². The maximum absolute atomic E-state index is 14.7. The summed E-state index contributed by atoms with van der Waals surface area (Å²) in [4.78, 5) is 45.3. The summed E-state index contributed by atoms with van der Waals surface area (Å²) < 4.78 is 11.9. The van der Waals surface area contributed by atoms with E-state index >= 15 is 0 Å². The van der Waals surface area contributed by atoms with Crippen LogP contribution in [0.25, 0.3) is 0 Å². The minimum Gasteiger partial charge on any atom is -0.466 e. The van der Waals surface area contributed by atoms with E-state index < -0.39 is 47.1 Å². The van der Waals surface area contributed by atoms with Crippen molar-refractivity contribution in [3.63, 3.8) is 0 Å². The van der Waals surface area contributed by atoms with Crippen LogP contribution in [0, 0.1) is 23.2 Å². The summed E-state index contributed by atoms with van der Waals surface area (Å²) in [6.45, 7) is 20.5. The zero-order valence-corrected chi connectivity index (χ0v) is 24.1. The SMILES string of the molecule is C=CCN(C(=O)C1N([C@@H](CO)CC(C)C)C(=O)[C@@H]2[C@@H](C(=O)OCC)[C@H]3CCC12O3)C(C)(C)CC(C)(C)C. The van der Waals surface area contributed by atoms with Gasteiger partial charge >= 0.3 is 5.97 Å². The average Bonchev–Trinajstić information content (AvgIpc) is 3.41. The number of amides is 2. The number of hydrogen-bond donors (Lipinski definition) is 1. The van der Waals surface area contributed by atoms with Crippen LogP contribution in [0.15, 0.2) is 12.7 Å². The molecule has 2 unspecified atom stereocenters. The largest absolute Gasteiger partial charge is 0.466 e. The standard InChI is InChI=1S/C29H48N2O6/c1-10-14-30(28(8,9)17-27(5,6)7)25(34)23-29-13-12-20(37-29)21(26(35)36-11-2)22(29)24(33)31(23)19(16-32)15-18(3)4/h10,18-23,32H,1,11-17H2,2-9H3/t19-,20-,21+,22+,23?,29?/m1/s1. The van der Waals surface area contributed by atoms with Crippen LogP contribution in [0.4, 0.5) is 0 Å². The summed E-state index contributed by atoms with van der Waals surface area (Å²) in [5.74, 6) is -2.28. The van der Waals surface area contributed by atoms with Crippen molar-refractivity contribution in [2.24, 2.45) is 23.2 Å². The summed E-state index contributed by atoms with van der Waals surface area (Å²) in [5.41, 5.74) is -1.69. The molecule has 0 aromatic rings. The number of carbonyl (C=O) groups excluding carboxylic acids is 3. The Labute approximate surface area is 222 Å². The number of aliphatic hydroxyl groups is 1. The van der Waals surface area contributed by atoms with Gasteiger partial charge < -0.3 is 24.4 Å².